The van der Waals surface area contributed by atoms with E-state index in [-0.39, 0.29) is 5.82 Å². The third-order valence-electron chi connectivity index (χ3n) is 3.60. The third kappa shape index (κ3) is 1.24. The standard InChI is InChI=1S/C15H11FN2/c16-12-4-5-14-13(8-12)17-9-11-3-1-2-10-6-7-18(14)15(10)11/h1-5,8-9H,6-7H2. The molecule has 2 aliphatic heterocycles. The van der Waals surface area contributed by atoms with Crippen molar-refractivity contribution in [2.24, 2.45) is 4.99 Å². The Morgan fingerprint density at radius 2 is 2.11 bits per heavy atom. The second-order valence-corrected chi connectivity index (χ2v) is 4.65. The van der Waals surface area contributed by atoms with E-state index in [1.54, 1.807) is 0 Å². The smallest absolute Gasteiger partial charge is 0.125 e. The predicted octanol–water partition coefficient (Wildman–Crippen LogP) is 3.58. The molecule has 0 unspecified atom stereocenters. The fraction of sp³-hybridized carbons (Fsp3) is 0.133. The summed E-state index contributed by atoms with van der Waals surface area (Å²) in [6, 6.07) is 11.1. The number of nitrogens with zero attached hydrogens (tertiary/aromatic N) is 2. The second kappa shape index (κ2) is 3.42. The molecular weight excluding hydrogens is 227 g/mol. The maximum Gasteiger partial charge on any atom is 0.125 e. The summed E-state index contributed by atoms with van der Waals surface area (Å²) in [5, 5.41) is 0. The molecule has 2 aliphatic rings. The van der Waals surface area contributed by atoms with Gasteiger partial charge in [0, 0.05) is 24.4 Å². The van der Waals surface area contributed by atoms with Gasteiger partial charge in [-0.1, -0.05) is 18.2 Å². The molecule has 0 atom stereocenters. The van der Waals surface area contributed by atoms with Gasteiger partial charge in [0.05, 0.1) is 17.1 Å². The molecule has 0 saturated carbocycles. The van der Waals surface area contributed by atoms with Crippen LogP contribution in [0.25, 0.3) is 0 Å². The number of benzene rings is 2. The zero-order chi connectivity index (χ0) is 12.1. The minimum atomic E-state index is -0.240. The topological polar surface area (TPSA) is 15.6 Å². The molecule has 0 saturated heterocycles. The highest BCUT2D eigenvalue weighted by molar-refractivity contribution is 5.97. The molecular formula is C15H11FN2. The van der Waals surface area contributed by atoms with E-state index in [0.717, 1.165) is 24.2 Å². The van der Waals surface area contributed by atoms with E-state index in [9.17, 15) is 4.39 Å². The number of hydrogen-bond acceptors (Lipinski definition) is 2. The van der Waals surface area contributed by atoms with Crippen molar-refractivity contribution in [2.75, 3.05) is 11.4 Å². The average molecular weight is 238 g/mol. The Bertz CT molecular complexity index is 676. The summed E-state index contributed by atoms with van der Waals surface area (Å²) in [5.41, 5.74) is 5.39. The molecule has 0 radical (unpaired) electrons. The number of rotatable bonds is 0. The first-order valence-electron chi connectivity index (χ1n) is 6.06. The quantitative estimate of drug-likeness (QED) is 0.685. The van der Waals surface area contributed by atoms with Gasteiger partial charge in [0.1, 0.15) is 5.82 Å². The Hall–Kier alpha value is -2.16. The number of halogens is 1. The predicted molar refractivity (Wildman–Crippen MR) is 70.8 cm³/mol. The molecule has 88 valence electrons. The summed E-state index contributed by atoms with van der Waals surface area (Å²) in [4.78, 5) is 6.65. The highest BCUT2D eigenvalue weighted by Crippen LogP contribution is 2.43. The van der Waals surface area contributed by atoms with Crippen molar-refractivity contribution >= 4 is 23.3 Å². The van der Waals surface area contributed by atoms with E-state index in [0.29, 0.717) is 5.69 Å². The number of fused-ring (bicyclic) bond motifs is 2. The molecule has 3 heteroatoms. The van der Waals surface area contributed by atoms with Crippen LogP contribution < -0.4 is 4.90 Å². The highest BCUT2D eigenvalue weighted by Gasteiger charge is 2.26. The van der Waals surface area contributed by atoms with Gasteiger partial charge >= 0.3 is 0 Å². The van der Waals surface area contributed by atoms with Crippen LogP contribution in [-0.4, -0.2) is 12.8 Å². The maximum atomic E-state index is 13.3. The maximum absolute atomic E-state index is 13.3. The Labute approximate surface area is 104 Å². The zero-order valence-electron chi connectivity index (χ0n) is 9.73. The van der Waals surface area contributed by atoms with Crippen LogP contribution in [0.5, 0.6) is 0 Å². The van der Waals surface area contributed by atoms with Crippen LogP contribution in [0.3, 0.4) is 0 Å². The third-order valence-corrected chi connectivity index (χ3v) is 3.60. The molecule has 4 rings (SSSR count). The molecule has 0 bridgehead atoms. The van der Waals surface area contributed by atoms with Crippen LogP contribution in [0.2, 0.25) is 0 Å². The van der Waals surface area contributed by atoms with Gasteiger partial charge in [-0.2, -0.15) is 0 Å². The van der Waals surface area contributed by atoms with E-state index in [4.69, 9.17) is 0 Å². The molecule has 0 amide bonds. The van der Waals surface area contributed by atoms with Crippen molar-refractivity contribution in [3.8, 4) is 0 Å². The van der Waals surface area contributed by atoms with Gasteiger partial charge in [0.15, 0.2) is 0 Å². The molecule has 0 fully saturated rings. The van der Waals surface area contributed by atoms with Gasteiger partial charge in [-0.15, -0.1) is 0 Å². The lowest BCUT2D eigenvalue weighted by Gasteiger charge is -2.20. The summed E-state index contributed by atoms with van der Waals surface area (Å²) >= 11 is 0. The van der Waals surface area contributed by atoms with E-state index in [1.165, 1.54) is 23.4 Å². The summed E-state index contributed by atoms with van der Waals surface area (Å²) in [6.07, 6.45) is 2.87. The molecule has 18 heavy (non-hydrogen) atoms. The first-order chi connectivity index (χ1) is 8.83. The van der Waals surface area contributed by atoms with Gasteiger partial charge in [0.25, 0.3) is 0 Å². The van der Waals surface area contributed by atoms with Crippen LogP contribution in [0.4, 0.5) is 21.5 Å². The Morgan fingerprint density at radius 3 is 3.06 bits per heavy atom. The van der Waals surface area contributed by atoms with Gasteiger partial charge < -0.3 is 4.90 Å². The summed E-state index contributed by atoms with van der Waals surface area (Å²) in [5.74, 6) is -0.240. The van der Waals surface area contributed by atoms with Crippen molar-refractivity contribution in [3.63, 3.8) is 0 Å². The van der Waals surface area contributed by atoms with Crippen LogP contribution in [0.15, 0.2) is 41.4 Å². The number of anilines is 2. The van der Waals surface area contributed by atoms with Crippen molar-refractivity contribution in [3.05, 3.63) is 53.3 Å². The molecule has 0 N–H and O–H groups in total. The fourth-order valence-corrected chi connectivity index (χ4v) is 2.80. The van der Waals surface area contributed by atoms with E-state index in [2.05, 4.69) is 28.1 Å². The minimum absolute atomic E-state index is 0.240. The fourth-order valence-electron chi connectivity index (χ4n) is 2.80. The molecule has 2 aromatic carbocycles. The number of hydrogen-bond donors (Lipinski definition) is 0. The lowest BCUT2D eigenvalue weighted by atomic mass is 10.1. The van der Waals surface area contributed by atoms with E-state index >= 15 is 0 Å². The molecule has 0 aromatic heterocycles. The minimum Gasteiger partial charge on any atom is -0.339 e. The first kappa shape index (κ1) is 9.83. The average Bonchev–Trinajstić information content (AvgIpc) is 2.73. The van der Waals surface area contributed by atoms with Crippen LogP contribution in [0, 0.1) is 5.82 Å². The highest BCUT2D eigenvalue weighted by atomic mass is 19.1. The first-order valence-corrected chi connectivity index (χ1v) is 6.06. The van der Waals surface area contributed by atoms with Crippen LogP contribution in [-0.2, 0) is 6.42 Å². The zero-order valence-corrected chi connectivity index (χ0v) is 9.73. The lowest BCUT2D eigenvalue weighted by Crippen LogP contribution is -2.13. The Kier molecular flexibility index (Phi) is 1.87. The van der Waals surface area contributed by atoms with E-state index < -0.39 is 0 Å². The summed E-state index contributed by atoms with van der Waals surface area (Å²) in [6.45, 7) is 0.939. The second-order valence-electron chi connectivity index (χ2n) is 4.65. The van der Waals surface area contributed by atoms with Crippen molar-refractivity contribution in [1.29, 1.82) is 0 Å². The van der Waals surface area contributed by atoms with Gasteiger partial charge in [-0.05, 0) is 24.1 Å². The van der Waals surface area contributed by atoms with Crippen LogP contribution in [0.1, 0.15) is 11.1 Å². The summed E-state index contributed by atoms with van der Waals surface area (Å²) < 4.78 is 13.3. The molecule has 2 aromatic rings. The Balaban J connectivity index is 2.02. The SMILES string of the molecule is Fc1ccc2c(c1)N=Cc1cccc3c1N2CC3. The van der Waals surface area contributed by atoms with Crippen molar-refractivity contribution < 1.29 is 4.39 Å². The van der Waals surface area contributed by atoms with Gasteiger partial charge in [-0.3, -0.25) is 4.99 Å². The number of para-hydroxylation sites is 1. The monoisotopic (exact) mass is 238 g/mol. The van der Waals surface area contributed by atoms with E-state index in [1.807, 2.05) is 12.3 Å². The van der Waals surface area contributed by atoms with Crippen molar-refractivity contribution in [2.45, 2.75) is 6.42 Å². The Morgan fingerprint density at radius 1 is 1.17 bits per heavy atom. The normalized spacial score (nSPS) is 15.3. The molecule has 0 aliphatic carbocycles. The summed E-state index contributed by atoms with van der Waals surface area (Å²) in [7, 11) is 0. The molecule has 2 heterocycles. The van der Waals surface area contributed by atoms with Gasteiger partial charge in [-0.25, -0.2) is 4.39 Å². The van der Waals surface area contributed by atoms with Crippen molar-refractivity contribution in [1.82, 2.24) is 0 Å². The van der Waals surface area contributed by atoms with Gasteiger partial charge in [0.2, 0.25) is 0 Å². The van der Waals surface area contributed by atoms with Crippen LogP contribution >= 0.6 is 0 Å². The molecule has 0 spiro atoms. The number of aliphatic imine (C=N–C) groups is 1. The largest absolute Gasteiger partial charge is 0.339 e. The lowest BCUT2D eigenvalue weighted by molar-refractivity contribution is 0.628. The molecule has 2 nitrogen and oxygen atoms in total.